The number of hydrogen-bond donors (Lipinski definition) is 1. The molecular formula is C16H17N5O. The largest absolute Gasteiger partial charge is 0.347 e. The highest BCUT2D eigenvalue weighted by Crippen LogP contribution is 2.41. The Kier molecular flexibility index (Phi) is 3.88. The van der Waals surface area contributed by atoms with Gasteiger partial charge >= 0.3 is 0 Å². The number of aromatic nitrogens is 3. The monoisotopic (exact) mass is 295 g/mol. The van der Waals surface area contributed by atoms with E-state index >= 15 is 0 Å². The first-order valence-electron chi connectivity index (χ1n) is 7.31. The fraction of sp³-hybridized carbons (Fsp3) is 0.375. The van der Waals surface area contributed by atoms with Gasteiger partial charge in [-0.3, -0.25) is 4.79 Å². The zero-order valence-corrected chi connectivity index (χ0v) is 12.4. The molecule has 3 rings (SSSR count). The minimum atomic E-state index is -0.119. The van der Waals surface area contributed by atoms with Gasteiger partial charge in [-0.2, -0.15) is 5.26 Å². The molecule has 6 nitrogen and oxygen atoms in total. The quantitative estimate of drug-likeness (QED) is 0.910. The van der Waals surface area contributed by atoms with Crippen LogP contribution in [0.4, 0.5) is 0 Å². The van der Waals surface area contributed by atoms with Crippen LogP contribution in [0.25, 0.3) is 0 Å². The van der Waals surface area contributed by atoms with Crippen LogP contribution in [0.2, 0.25) is 0 Å². The van der Waals surface area contributed by atoms with E-state index in [0.29, 0.717) is 5.92 Å². The second-order valence-corrected chi connectivity index (χ2v) is 5.67. The first-order chi connectivity index (χ1) is 10.7. The van der Waals surface area contributed by atoms with E-state index in [0.717, 1.165) is 18.4 Å². The summed E-state index contributed by atoms with van der Waals surface area (Å²) in [5, 5.41) is 15.7. The summed E-state index contributed by atoms with van der Waals surface area (Å²) in [7, 11) is 0. The average Bonchev–Trinajstić information content (AvgIpc) is 3.26. The van der Waals surface area contributed by atoms with Crippen molar-refractivity contribution in [1.29, 1.82) is 5.26 Å². The van der Waals surface area contributed by atoms with Crippen LogP contribution in [-0.4, -0.2) is 20.7 Å². The van der Waals surface area contributed by atoms with Crippen LogP contribution < -0.4 is 5.32 Å². The zero-order valence-electron chi connectivity index (χ0n) is 12.4. The number of carbonyl (C=O) groups excluding carboxylic acids is 1. The molecule has 22 heavy (non-hydrogen) atoms. The van der Waals surface area contributed by atoms with Gasteiger partial charge in [0.15, 0.2) is 0 Å². The number of nitriles is 1. The minimum absolute atomic E-state index is 0.0482. The number of rotatable bonds is 5. The molecule has 0 aliphatic heterocycles. The van der Waals surface area contributed by atoms with Crippen LogP contribution in [0, 0.1) is 24.2 Å². The van der Waals surface area contributed by atoms with E-state index in [2.05, 4.69) is 39.7 Å². The molecule has 1 aromatic carbocycles. The molecule has 1 unspecified atom stereocenters. The molecule has 1 aliphatic rings. The third-order valence-corrected chi connectivity index (χ3v) is 3.79. The number of amides is 1. The Morgan fingerprint density at radius 1 is 1.45 bits per heavy atom. The van der Waals surface area contributed by atoms with E-state index in [1.165, 1.54) is 16.6 Å². The Hall–Kier alpha value is -2.68. The van der Waals surface area contributed by atoms with Gasteiger partial charge in [0.25, 0.3) is 5.82 Å². The highest BCUT2D eigenvalue weighted by atomic mass is 16.2. The van der Waals surface area contributed by atoms with E-state index in [4.69, 9.17) is 5.26 Å². The first-order valence-corrected chi connectivity index (χ1v) is 7.31. The summed E-state index contributed by atoms with van der Waals surface area (Å²) < 4.78 is 1.38. The number of carbonyl (C=O) groups is 1. The van der Waals surface area contributed by atoms with Crippen LogP contribution in [0.3, 0.4) is 0 Å². The van der Waals surface area contributed by atoms with Crippen molar-refractivity contribution in [2.75, 3.05) is 0 Å². The normalized spacial score (nSPS) is 15.1. The number of hydrogen-bond acceptors (Lipinski definition) is 4. The molecular weight excluding hydrogens is 278 g/mol. The average molecular weight is 295 g/mol. The van der Waals surface area contributed by atoms with E-state index in [1.807, 2.05) is 13.0 Å². The molecule has 112 valence electrons. The van der Waals surface area contributed by atoms with Crippen molar-refractivity contribution in [3.8, 4) is 6.07 Å². The van der Waals surface area contributed by atoms with Crippen LogP contribution >= 0.6 is 0 Å². The predicted molar refractivity (Wildman–Crippen MR) is 79.5 cm³/mol. The smallest absolute Gasteiger partial charge is 0.252 e. The number of nitrogens with one attached hydrogen (secondary N) is 1. The minimum Gasteiger partial charge on any atom is -0.347 e. The van der Waals surface area contributed by atoms with Gasteiger partial charge < -0.3 is 5.32 Å². The van der Waals surface area contributed by atoms with Gasteiger partial charge in [-0.15, -0.1) is 5.10 Å². The Morgan fingerprint density at radius 3 is 2.77 bits per heavy atom. The molecule has 2 aromatic rings. The van der Waals surface area contributed by atoms with Crippen molar-refractivity contribution < 1.29 is 4.79 Å². The van der Waals surface area contributed by atoms with Crippen LogP contribution in [-0.2, 0) is 11.3 Å². The Bertz CT molecular complexity index is 709. The molecule has 0 bridgehead atoms. The lowest BCUT2D eigenvalue weighted by atomic mass is 10.0. The van der Waals surface area contributed by atoms with Gasteiger partial charge in [0.05, 0.1) is 6.04 Å². The van der Waals surface area contributed by atoms with Crippen molar-refractivity contribution in [1.82, 2.24) is 20.1 Å². The molecule has 1 fully saturated rings. The molecule has 0 spiro atoms. The highest BCUT2D eigenvalue weighted by molar-refractivity contribution is 5.76. The van der Waals surface area contributed by atoms with Gasteiger partial charge in [0, 0.05) is 0 Å². The summed E-state index contributed by atoms with van der Waals surface area (Å²) in [6.07, 6.45) is 3.68. The van der Waals surface area contributed by atoms with Gasteiger partial charge in [-0.25, -0.2) is 9.67 Å². The fourth-order valence-electron chi connectivity index (χ4n) is 2.46. The van der Waals surface area contributed by atoms with E-state index in [-0.39, 0.29) is 24.3 Å². The molecule has 1 amide bonds. The Morgan fingerprint density at radius 2 is 2.18 bits per heavy atom. The molecule has 0 saturated heterocycles. The standard InChI is InChI=1S/C16H17N5O/c1-11-2-4-12(5-3-11)16(13-6-7-13)19-15(22)9-21-10-18-14(8-17)20-21/h2-5,10,13,16H,6-7,9H2,1H3,(H,19,22). The highest BCUT2D eigenvalue weighted by Gasteiger charge is 2.33. The predicted octanol–water partition coefficient (Wildman–Crippen LogP) is 1.73. The lowest BCUT2D eigenvalue weighted by Gasteiger charge is -2.19. The molecule has 1 saturated carbocycles. The number of aryl methyl sites for hydroxylation is 1. The van der Waals surface area contributed by atoms with E-state index < -0.39 is 0 Å². The van der Waals surface area contributed by atoms with Gasteiger partial charge in [-0.1, -0.05) is 29.8 Å². The van der Waals surface area contributed by atoms with Gasteiger partial charge in [0.2, 0.25) is 5.91 Å². The maximum Gasteiger partial charge on any atom is 0.252 e. The lowest BCUT2D eigenvalue weighted by molar-refractivity contribution is -0.122. The molecule has 6 heteroatoms. The number of benzene rings is 1. The molecule has 1 aliphatic carbocycles. The molecule has 1 atom stereocenters. The summed E-state index contributed by atoms with van der Waals surface area (Å²) in [5.41, 5.74) is 2.34. The second kappa shape index (κ2) is 5.98. The molecule has 0 radical (unpaired) electrons. The van der Waals surface area contributed by atoms with Crippen LogP contribution in [0.5, 0.6) is 0 Å². The first kappa shape index (κ1) is 14.3. The summed E-state index contributed by atoms with van der Waals surface area (Å²) >= 11 is 0. The van der Waals surface area contributed by atoms with Crippen LogP contribution in [0.1, 0.15) is 35.8 Å². The Labute approximate surface area is 128 Å². The SMILES string of the molecule is Cc1ccc(C(NC(=O)Cn2cnc(C#N)n2)C2CC2)cc1. The summed E-state index contributed by atoms with van der Waals surface area (Å²) in [4.78, 5) is 16.0. The molecule has 1 aromatic heterocycles. The maximum absolute atomic E-state index is 12.2. The summed E-state index contributed by atoms with van der Waals surface area (Å²) in [6.45, 7) is 2.12. The van der Waals surface area contributed by atoms with E-state index in [1.54, 1.807) is 0 Å². The lowest BCUT2D eigenvalue weighted by Crippen LogP contribution is -2.32. The van der Waals surface area contributed by atoms with Crippen molar-refractivity contribution in [2.24, 2.45) is 5.92 Å². The number of nitrogens with zero attached hydrogens (tertiary/aromatic N) is 4. The zero-order chi connectivity index (χ0) is 15.5. The Balaban J connectivity index is 1.67. The van der Waals surface area contributed by atoms with Crippen molar-refractivity contribution in [3.63, 3.8) is 0 Å². The molecule has 1 N–H and O–H groups in total. The third-order valence-electron chi connectivity index (χ3n) is 3.79. The van der Waals surface area contributed by atoms with E-state index in [9.17, 15) is 4.79 Å². The maximum atomic E-state index is 12.2. The van der Waals surface area contributed by atoms with Gasteiger partial charge in [-0.05, 0) is 31.2 Å². The van der Waals surface area contributed by atoms with Gasteiger partial charge in [0.1, 0.15) is 18.9 Å². The topological polar surface area (TPSA) is 83.6 Å². The van der Waals surface area contributed by atoms with Crippen molar-refractivity contribution >= 4 is 5.91 Å². The van der Waals surface area contributed by atoms with Crippen molar-refractivity contribution in [3.05, 3.63) is 47.5 Å². The van der Waals surface area contributed by atoms with Crippen molar-refractivity contribution in [2.45, 2.75) is 32.4 Å². The molecule has 1 heterocycles. The van der Waals surface area contributed by atoms with Crippen LogP contribution in [0.15, 0.2) is 30.6 Å². The summed E-state index contributed by atoms with van der Waals surface area (Å²) in [6, 6.07) is 10.2. The fourth-order valence-corrected chi connectivity index (χ4v) is 2.46. The summed E-state index contributed by atoms with van der Waals surface area (Å²) in [5.74, 6) is 0.467. The second-order valence-electron chi connectivity index (χ2n) is 5.67. The third kappa shape index (κ3) is 3.31.